The van der Waals surface area contributed by atoms with Crippen LogP contribution in [0.25, 0.3) is 0 Å². The predicted octanol–water partition coefficient (Wildman–Crippen LogP) is 5.32. The third-order valence-corrected chi connectivity index (χ3v) is 8.45. The molecule has 1 aliphatic carbocycles. The quantitative estimate of drug-likeness (QED) is 0.398. The highest BCUT2D eigenvalue weighted by Gasteiger charge is 2.29. The second-order valence-electron chi connectivity index (χ2n) is 9.70. The number of nitrogens with zero attached hydrogens (tertiary/aromatic N) is 2. The van der Waals surface area contributed by atoms with Crippen LogP contribution in [0.15, 0.2) is 42.5 Å². The molecule has 0 aliphatic heterocycles. The topological polar surface area (TPSA) is 86.8 Å². The van der Waals surface area contributed by atoms with Gasteiger partial charge in [0.1, 0.15) is 6.04 Å². The Morgan fingerprint density at radius 3 is 2.43 bits per heavy atom. The summed E-state index contributed by atoms with van der Waals surface area (Å²) in [5.41, 5.74) is 2.18. The highest BCUT2D eigenvalue weighted by Crippen LogP contribution is 2.25. The van der Waals surface area contributed by atoms with Crippen molar-refractivity contribution in [3.63, 3.8) is 0 Å². The first-order valence-corrected chi connectivity index (χ1v) is 15.1. The number of halogens is 2. The first-order valence-electron chi connectivity index (χ1n) is 12.5. The van der Waals surface area contributed by atoms with Crippen molar-refractivity contribution in [2.75, 3.05) is 17.1 Å². The van der Waals surface area contributed by atoms with Gasteiger partial charge in [-0.1, -0.05) is 54.2 Å². The van der Waals surface area contributed by atoms with Crippen LogP contribution in [0.5, 0.6) is 0 Å². The van der Waals surface area contributed by atoms with Crippen LogP contribution in [0.4, 0.5) is 5.69 Å². The Morgan fingerprint density at radius 2 is 1.81 bits per heavy atom. The standard InChI is InChI=1S/C27H35Cl2N3O4S/c1-19-8-6-11-24(16-19)32(37(3,35)36)15-7-12-26(33)31(18-21-13-14-22(28)17-25(21)29)20(2)27(34)30-23-9-4-5-10-23/h6,8,11,13-14,16-17,20,23H,4-5,7,9-10,12,15,18H2,1-3H3,(H,30,34)/t20-/m1/s1. The molecule has 0 saturated heterocycles. The number of aryl methyl sites for hydroxylation is 1. The molecule has 1 aliphatic rings. The molecular weight excluding hydrogens is 533 g/mol. The van der Waals surface area contributed by atoms with Crippen molar-refractivity contribution in [1.82, 2.24) is 10.2 Å². The monoisotopic (exact) mass is 567 g/mol. The lowest BCUT2D eigenvalue weighted by Gasteiger charge is -2.30. The molecule has 2 aromatic rings. The number of hydrogen-bond donors (Lipinski definition) is 1. The van der Waals surface area contributed by atoms with Crippen LogP contribution >= 0.6 is 23.2 Å². The maximum atomic E-state index is 13.4. The largest absolute Gasteiger partial charge is 0.352 e. The summed E-state index contributed by atoms with van der Waals surface area (Å²) in [5, 5.41) is 3.97. The van der Waals surface area contributed by atoms with Gasteiger partial charge in [-0.3, -0.25) is 13.9 Å². The van der Waals surface area contributed by atoms with Gasteiger partial charge in [-0.15, -0.1) is 0 Å². The van der Waals surface area contributed by atoms with Crippen LogP contribution < -0.4 is 9.62 Å². The maximum absolute atomic E-state index is 13.4. The Morgan fingerprint density at radius 1 is 1.11 bits per heavy atom. The van der Waals surface area contributed by atoms with E-state index in [1.807, 2.05) is 13.0 Å². The van der Waals surface area contributed by atoms with Crippen molar-refractivity contribution >= 4 is 50.7 Å². The number of carbonyl (C=O) groups is 2. The molecule has 0 radical (unpaired) electrons. The minimum Gasteiger partial charge on any atom is -0.352 e. The van der Waals surface area contributed by atoms with Crippen molar-refractivity contribution in [2.24, 2.45) is 0 Å². The molecule has 0 spiro atoms. The molecule has 0 heterocycles. The summed E-state index contributed by atoms with van der Waals surface area (Å²) < 4.78 is 26.3. The van der Waals surface area contributed by atoms with Crippen LogP contribution in [-0.2, 0) is 26.2 Å². The van der Waals surface area contributed by atoms with Crippen LogP contribution in [0.1, 0.15) is 56.6 Å². The van der Waals surface area contributed by atoms with Crippen LogP contribution in [0.3, 0.4) is 0 Å². The Labute approximate surface area is 230 Å². The van der Waals surface area contributed by atoms with E-state index in [1.54, 1.807) is 43.3 Å². The van der Waals surface area contributed by atoms with E-state index >= 15 is 0 Å². The minimum absolute atomic E-state index is 0.0735. The summed E-state index contributed by atoms with van der Waals surface area (Å²) >= 11 is 12.4. The zero-order chi connectivity index (χ0) is 27.2. The Bertz CT molecular complexity index is 1220. The van der Waals surface area contributed by atoms with Crippen molar-refractivity contribution in [3.8, 4) is 0 Å². The van der Waals surface area contributed by atoms with Crippen molar-refractivity contribution < 1.29 is 18.0 Å². The van der Waals surface area contributed by atoms with Gasteiger partial charge in [0, 0.05) is 35.6 Å². The number of anilines is 1. The number of rotatable bonds is 11. The Kier molecular flexibility index (Phi) is 10.3. The second kappa shape index (κ2) is 13.0. The Hall–Kier alpha value is -2.29. The SMILES string of the molecule is Cc1cccc(N(CCCC(=O)N(Cc2ccc(Cl)cc2Cl)[C@H](C)C(=O)NC2CCCC2)S(C)(=O)=O)c1. The molecule has 0 aromatic heterocycles. The molecule has 10 heteroatoms. The lowest BCUT2D eigenvalue weighted by atomic mass is 10.1. The smallest absolute Gasteiger partial charge is 0.242 e. The summed E-state index contributed by atoms with van der Waals surface area (Å²) in [6.45, 7) is 3.89. The van der Waals surface area contributed by atoms with E-state index in [2.05, 4.69) is 5.32 Å². The van der Waals surface area contributed by atoms with E-state index in [-0.39, 0.29) is 37.4 Å². The zero-order valence-electron chi connectivity index (χ0n) is 21.5. The van der Waals surface area contributed by atoms with E-state index in [1.165, 1.54) is 9.21 Å². The van der Waals surface area contributed by atoms with E-state index in [0.717, 1.165) is 37.5 Å². The molecule has 1 N–H and O–H groups in total. The van der Waals surface area contributed by atoms with Gasteiger partial charge in [-0.05, 0) is 68.5 Å². The number of nitrogens with one attached hydrogen (secondary N) is 1. The molecular formula is C27H35Cl2N3O4S. The fourth-order valence-corrected chi connectivity index (χ4v) is 6.02. The maximum Gasteiger partial charge on any atom is 0.242 e. The molecule has 2 amide bonds. The molecule has 2 aromatic carbocycles. The second-order valence-corrected chi connectivity index (χ2v) is 12.5. The fourth-order valence-electron chi connectivity index (χ4n) is 4.59. The number of hydrogen-bond acceptors (Lipinski definition) is 4. The van der Waals surface area contributed by atoms with Crippen molar-refractivity contribution in [2.45, 2.75) is 71.0 Å². The van der Waals surface area contributed by atoms with Gasteiger partial charge in [0.15, 0.2) is 0 Å². The number of benzene rings is 2. The molecule has 202 valence electrons. The number of sulfonamides is 1. The van der Waals surface area contributed by atoms with Gasteiger partial charge in [0.2, 0.25) is 21.8 Å². The molecule has 1 atom stereocenters. The fraction of sp³-hybridized carbons (Fsp3) is 0.481. The Balaban J connectivity index is 1.74. The van der Waals surface area contributed by atoms with E-state index in [9.17, 15) is 18.0 Å². The summed E-state index contributed by atoms with van der Waals surface area (Å²) in [5.74, 6) is -0.458. The molecule has 0 bridgehead atoms. The van der Waals surface area contributed by atoms with Gasteiger partial charge in [-0.25, -0.2) is 8.42 Å². The third-order valence-electron chi connectivity index (χ3n) is 6.67. The van der Waals surface area contributed by atoms with Crippen LogP contribution in [0.2, 0.25) is 10.0 Å². The first-order chi connectivity index (χ1) is 17.5. The number of carbonyl (C=O) groups excluding carboxylic acids is 2. The molecule has 3 rings (SSSR count). The van der Waals surface area contributed by atoms with E-state index in [0.29, 0.717) is 27.7 Å². The average Bonchev–Trinajstić information content (AvgIpc) is 3.33. The zero-order valence-corrected chi connectivity index (χ0v) is 23.9. The van der Waals surface area contributed by atoms with Crippen LogP contribution in [0, 0.1) is 6.92 Å². The molecule has 0 unspecified atom stereocenters. The van der Waals surface area contributed by atoms with Gasteiger partial charge in [0.05, 0.1) is 11.9 Å². The average molecular weight is 569 g/mol. The highest BCUT2D eigenvalue weighted by atomic mass is 35.5. The summed E-state index contributed by atoms with van der Waals surface area (Å²) in [4.78, 5) is 28.0. The van der Waals surface area contributed by atoms with E-state index < -0.39 is 16.1 Å². The normalized spacial score (nSPS) is 14.8. The van der Waals surface area contributed by atoms with E-state index in [4.69, 9.17) is 23.2 Å². The molecule has 7 nitrogen and oxygen atoms in total. The summed E-state index contributed by atoms with van der Waals surface area (Å²) in [7, 11) is -3.54. The number of amides is 2. The predicted molar refractivity (Wildman–Crippen MR) is 149 cm³/mol. The molecule has 37 heavy (non-hydrogen) atoms. The summed E-state index contributed by atoms with van der Waals surface area (Å²) in [6.07, 6.45) is 5.57. The lowest BCUT2D eigenvalue weighted by molar-refractivity contribution is -0.140. The first kappa shape index (κ1) is 29.3. The third kappa shape index (κ3) is 8.35. The lowest BCUT2D eigenvalue weighted by Crippen LogP contribution is -2.49. The minimum atomic E-state index is -3.54. The van der Waals surface area contributed by atoms with Gasteiger partial charge < -0.3 is 10.2 Å². The highest BCUT2D eigenvalue weighted by molar-refractivity contribution is 7.92. The summed E-state index contributed by atoms with van der Waals surface area (Å²) in [6, 6.07) is 11.7. The van der Waals surface area contributed by atoms with Crippen LogP contribution in [-0.4, -0.2) is 50.0 Å². The van der Waals surface area contributed by atoms with Crippen molar-refractivity contribution in [3.05, 3.63) is 63.6 Å². The molecule has 1 saturated carbocycles. The van der Waals surface area contributed by atoms with Gasteiger partial charge in [-0.2, -0.15) is 0 Å². The van der Waals surface area contributed by atoms with Crippen molar-refractivity contribution in [1.29, 1.82) is 0 Å². The van der Waals surface area contributed by atoms with Gasteiger partial charge >= 0.3 is 0 Å². The van der Waals surface area contributed by atoms with Gasteiger partial charge in [0.25, 0.3) is 0 Å². The molecule has 1 fully saturated rings.